The van der Waals surface area contributed by atoms with Crippen LogP contribution in [-0.4, -0.2) is 22.4 Å². The van der Waals surface area contributed by atoms with Gasteiger partial charge >= 0.3 is 0 Å². The van der Waals surface area contributed by atoms with Crippen LogP contribution in [0.4, 0.5) is 0 Å². The molecule has 0 fully saturated rings. The average molecular weight is 246 g/mol. The molecule has 72 valence electrons. The number of aromatic amines is 1. The van der Waals surface area contributed by atoms with Crippen molar-refractivity contribution in [3.63, 3.8) is 0 Å². The predicted octanol–water partition coefficient (Wildman–Crippen LogP) is 1.70. The van der Waals surface area contributed by atoms with Crippen molar-refractivity contribution in [2.24, 2.45) is 0 Å². The highest BCUT2D eigenvalue weighted by molar-refractivity contribution is 9.10. The van der Waals surface area contributed by atoms with Crippen molar-refractivity contribution < 1.29 is 4.79 Å². The summed E-state index contributed by atoms with van der Waals surface area (Å²) in [5.41, 5.74) is 0. The van der Waals surface area contributed by atoms with E-state index in [9.17, 15) is 4.79 Å². The molecular weight excluding hydrogens is 234 g/mol. The van der Waals surface area contributed by atoms with Gasteiger partial charge in [-0.05, 0) is 22.4 Å². The number of rotatable bonds is 4. The van der Waals surface area contributed by atoms with Crippen molar-refractivity contribution in [1.82, 2.24) is 15.3 Å². The van der Waals surface area contributed by atoms with Crippen LogP contribution in [0.3, 0.4) is 0 Å². The maximum absolute atomic E-state index is 11.3. The van der Waals surface area contributed by atoms with Crippen molar-refractivity contribution >= 4 is 21.8 Å². The normalized spacial score (nSPS) is 10.0. The lowest BCUT2D eigenvalue weighted by molar-refractivity contribution is 0.0943. The van der Waals surface area contributed by atoms with E-state index in [-0.39, 0.29) is 5.91 Å². The Kier molecular flexibility index (Phi) is 3.95. The Labute approximate surface area is 85.3 Å². The van der Waals surface area contributed by atoms with Crippen molar-refractivity contribution in [1.29, 1.82) is 0 Å². The monoisotopic (exact) mass is 245 g/mol. The van der Waals surface area contributed by atoms with Crippen LogP contribution in [0.25, 0.3) is 0 Å². The number of H-pyrrole nitrogens is 1. The lowest BCUT2D eigenvalue weighted by atomic mass is 10.3. The molecule has 0 saturated carbocycles. The Morgan fingerprint density at radius 2 is 2.54 bits per heavy atom. The third kappa shape index (κ3) is 3.18. The number of imidazole rings is 1. The smallest absolute Gasteiger partial charge is 0.287 e. The highest BCUT2D eigenvalue weighted by Gasteiger charge is 2.07. The topological polar surface area (TPSA) is 57.8 Å². The zero-order valence-corrected chi connectivity index (χ0v) is 9.02. The van der Waals surface area contributed by atoms with Gasteiger partial charge in [0.2, 0.25) is 0 Å². The number of hydrogen-bond donors (Lipinski definition) is 2. The molecule has 5 heteroatoms. The Balaban J connectivity index is 2.40. The summed E-state index contributed by atoms with van der Waals surface area (Å²) in [5, 5.41) is 2.76. The van der Waals surface area contributed by atoms with E-state index in [1.807, 2.05) is 0 Å². The van der Waals surface area contributed by atoms with E-state index in [0.29, 0.717) is 17.0 Å². The Morgan fingerprint density at radius 1 is 1.77 bits per heavy atom. The lowest BCUT2D eigenvalue weighted by Crippen LogP contribution is -2.25. The molecule has 0 aromatic carbocycles. The molecule has 13 heavy (non-hydrogen) atoms. The summed E-state index contributed by atoms with van der Waals surface area (Å²) in [6, 6.07) is 0. The first-order valence-electron chi connectivity index (χ1n) is 4.22. The fraction of sp³-hybridized carbons (Fsp3) is 0.500. The van der Waals surface area contributed by atoms with E-state index in [0.717, 1.165) is 12.8 Å². The second kappa shape index (κ2) is 5.01. The number of carbonyl (C=O) groups is 1. The Morgan fingerprint density at radius 3 is 3.08 bits per heavy atom. The molecule has 0 bridgehead atoms. The second-order valence-electron chi connectivity index (χ2n) is 2.69. The highest BCUT2D eigenvalue weighted by atomic mass is 79.9. The first-order chi connectivity index (χ1) is 6.24. The molecule has 1 rings (SSSR count). The van der Waals surface area contributed by atoms with Crippen molar-refractivity contribution in [3.05, 3.63) is 16.6 Å². The Bertz CT molecular complexity index is 285. The molecule has 1 amide bonds. The first-order valence-corrected chi connectivity index (χ1v) is 5.02. The summed E-state index contributed by atoms with van der Waals surface area (Å²) in [4.78, 5) is 18.0. The van der Waals surface area contributed by atoms with Crippen LogP contribution in [0, 0.1) is 0 Å². The maximum atomic E-state index is 11.3. The molecule has 0 aliphatic rings. The number of aromatic nitrogens is 2. The van der Waals surface area contributed by atoms with Crippen molar-refractivity contribution in [2.75, 3.05) is 6.54 Å². The Hall–Kier alpha value is -0.840. The average Bonchev–Trinajstić information content (AvgIpc) is 2.52. The summed E-state index contributed by atoms with van der Waals surface area (Å²) in [6.45, 7) is 2.78. The van der Waals surface area contributed by atoms with Crippen LogP contribution < -0.4 is 5.32 Å². The van der Waals surface area contributed by atoms with Crippen LogP contribution in [0.5, 0.6) is 0 Å². The number of carbonyl (C=O) groups excluding carboxylic acids is 1. The molecular formula is C8H12BrN3O. The van der Waals surface area contributed by atoms with E-state index in [1.165, 1.54) is 0 Å². The van der Waals surface area contributed by atoms with E-state index >= 15 is 0 Å². The first kappa shape index (κ1) is 10.2. The van der Waals surface area contributed by atoms with Gasteiger partial charge in [-0.15, -0.1) is 0 Å². The van der Waals surface area contributed by atoms with E-state index < -0.39 is 0 Å². The third-order valence-corrected chi connectivity index (χ3v) is 1.98. The van der Waals surface area contributed by atoms with Gasteiger partial charge < -0.3 is 10.3 Å². The molecule has 0 saturated heterocycles. The molecule has 1 heterocycles. The molecule has 0 radical (unpaired) electrons. The number of amides is 1. The number of nitrogens with zero attached hydrogens (tertiary/aromatic N) is 1. The molecule has 1 aromatic rings. The van der Waals surface area contributed by atoms with Gasteiger partial charge in [0.15, 0.2) is 5.82 Å². The van der Waals surface area contributed by atoms with Gasteiger partial charge in [0, 0.05) is 6.54 Å². The van der Waals surface area contributed by atoms with Gasteiger partial charge in [0.1, 0.15) is 4.60 Å². The third-order valence-electron chi connectivity index (χ3n) is 1.58. The summed E-state index contributed by atoms with van der Waals surface area (Å²) in [6.07, 6.45) is 3.63. The molecule has 1 aromatic heterocycles. The summed E-state index contributed by atoms with van der Waals surface area (Å²) < 4.78 is 0.716. The van der Waals surface area contributed by atoms with Gasteiger partial charge in [-0.1, -0.05) is 13.3 Å². The highest BCUT2D eigenvalue weighted by Crippen LogP contribution is 2.04. The number of unbranched alkanes of at least 4 members (excludes halogenated alkanes) is 1. The minimum atomic E-state index is -0.154. The molecule has 4 nitrogen and oxygen atoms in total. The van der Waals surface area contributed by atoms with E-state index in [1.54, 1.807) is 6.20 Å². The van der Waals surface area contributed by atoms with Crippen LogP contribution in [-0.2, 0) is 0 Å². The minimum Gasteiger partial charge on any atom is -0.349 e. The molecule has 0 atom stereocenters. The molecule has 2 N–H and O–H groups in total. The quantitative estimate of drug-likeness (QED) is 0.794. The summed E-state index contributed by atoms with van der Waals surface area (Å²) in [7, 11) is 0. The minimum absolute atomic E-state index is 0.154. The number of halogens is 1. The molecule has 0 aliphatic heterocycles. The molecule has 0 aliphatic carbocycles. The standard InChI is InChI=1S/C8H12BrN3O/c1-2-3-4-10-8(13)7-11-5-6(9)12-7/h5H,2-4H2,1H3,(H,10,13)(H,11,12). The molecule has 0 spiro atoms. The van der Waals surface area contributed by atoms with Crippen LogP contribution >= 0.6 is 15.9 Å². The van der Waals surface area contributed by atoms with E-state index in [4.69, 9.17) is 0 Å². The largest absolute Gasteiger partial charge is 0.349 e. The lowest BCUT2D eigenvalue weighted by Gasteiger charge is -2.00. The zero-order valence-electron chi connectivity index (χ0n) is 7.43. The van der Waals surface area contributed by atoms with Crippen LogP contribution in [0.2, 0.25) is 0 Å². The van der Waals surface area contributed by atoms with E-state index in [2.05, 4.69) is 38.1 Å². The predicted molar refractivity (Wildman–Crippen MR) is 53.5 cm³/mol. The number of hydrogen-bond acceptors (Lipinski definition) is 2. The SMILES string of the molecule is CCCCNC(=O)c1ncc(Br)[nH]1. The van der Waals surface area contributed by atoms with Crippen molar-refractivity contribution in [3.8, 4) is 0 Å². The van der Waals surface area contributed by atoms with Crippen LogP contribution in [0.1, 0.15) is 30.4 Å². The van der Waals surface area contributed by atoms with Gasteiger partial charge in [-0.25, -0.2) is 4.98 Å². The van der Waals surface area contributed by atoms with Gasteiger partial charge in [-0.2, -0.15) is 0 Å². The second-order valence-corrected chi connectivity index (χ2v) is 3.54. The summed E-state index contributed by atoms with van der Waals surface area (Å²) >= 11 is 3.18. The number of nitrogens with one attached hydrogen (secondary N) is 2. The maximum Gasteiger partial charge on any atom is 0.287 e. The van der Waals surface area contributed by atoms with Crippen LogP contribution in [0.15, 0.2) is 10.8 Å². The summed E-state index contributed by atoms with van der Waals surface area (Å²) in [5.74, 6) is 0.196. The zero-order chi connectivity index (χ0) is 9.68. The van der Waals surface area contributed by atoms with Crippen molar-refractivity contribution in [2.45, 2.75) is 19.8 Å². The fourth-order valence-electron chi connectivity index (χ4n) is 0.877. The van der Waals surface area contributed by atoms with Gasteiger partial charge in [0.25, 0.3) is 5.91 Å². The fourth-order valence-corrected chi connectivity index (χ4v) is 1.17. The molecule has 0 unspecified atom stereocenters. The van der Waals surface area contributed by atoms with Gasteiger partial charge in [-0.3, -0.25) is 4.79 Å². The van der Waals surface area contributed by atoms with Gasteiger partial charge in [0.05, 0.1) is 6.20 Å².